The third kappa shape index (κ3) is 4.93. The lowest BCUT2D eigenvalue weighted by Crippen LogP contribution is -2.38. The number of fused-ring (bicyclic) bond motifs is 2. The molecule has 1 unspecified atom stereocenters. The van der Waals surface area contributed by atoms with Crippen molar-refractivity contribution in [2.45, 2.75) is 37.1 Å². The van der Waals surface area contributed by atoms with Gasteiger partial charge in [0.05, 0.1) is 16.2 Å². The van der Waals surface area contributed by atoms with Gasteiger partial charge < -0.3 is 10.6 Å². The number of anilines is 2. The van der Waals surface area contributed by atoms with Crippen LogP contribution in [0.4, 0.5) is 16.2 Å². The Balaban J connectivity index is 1.39. The van der Waals surface area contributed by atoms with E-state index in [1.165, 1.54) is 29.0 Å². The molecule has 13 heteroatoms. The highest BCUT2D eigenvalue weighted by Gasteiger charge is 2.23. The summed E-state index contributed by atoms with van der Waals surface area (Å²) in [7, 11) is -4.14. The predicted octanol–water partition coefficient (Wildman–Crippen LogP) is 4.66. The summed E-state index contributed by atoms with van der Waals surface area (Å²) in [4.78, 5) is 13.2. The average Bonchev–Trinajstić information content (AvgIpc) is 3.30. The first-order valence-electron chi connectivity index (χ1n) is 12.9. The minimum atomic E-state index is -4.14. The van der Waals surface area contributed by atoms with Gasteiger partial charge in [-0.2, -0.15) is 5.10 Å². The molecule has 0 aliphatic carbocycles. The standard InChI is InChI=1S/C27H26ClFN8O2S/c1-2-16-10-17(11-18-13-31-27(35-24(16)18)34-19-6-5-9-30-14-19)22-12-21(29)25-26(32-15-33-37(22)25)36-40(38,39)23-8-4-3-7-20(23)28/h3-4,7-8,10-13,15,19,30H,2,5-6,9,14H2,1H3,(H,31,34,35)(H,32,33,36). The Morgan fingerprint density at radius 2 is 2.05 bits per heavy atom. The van der Waals surface area contributed by atoms with Gasteiger partial charge in [0, 0.05) is 35.8 Å². The van der Waals surface area contributed by atoms with Gasteiger partial charge in [-0.1, -0.05) is 30.7 Å². The topological polar surface area (TPSA) is 126 Å². The van der Waals surface area contributed by atoms with Crippen LogP contribution in [0.2, 0.25) is 5.02 Å². The minimum Gasteiger partial charge on any atom is -0.350 e. The number of benzene rings is 2. The van der Waals surface area contributed by atoms with E-state index in [0.717, 1.165) is 42.4 Å². The molecule has 0 saturated carbocycles. The molecule has 0 bridgehead atoms. The first kappa shape index (κ1) is 26.4. The molecule has 10 nitrogen and oxygen atoms in total. The van der Waals surface area contributed by atoms with E-state index in [9.17, 15) is 8.42 Å². The Hall–Kier alpha value is -3.87. The van der Waals surface area contributed by atoms with Crippen molar-refractivity contribution in [2.75, 3.05) is 23.1 Å². The van der Waals surface area contributed by atoms with Crippen LogP contribution in [0.25, 0.3) is 27.7 Å². The summed E-state index contributed by atoms with van der Waals surface area (Å²) < 4.78 is 45.1. The van der Waals surface area contributed by atoms with Crippen LogP contribution < -0.4 is 15.4 Å². The highest BCUT2D eigenvalue weighted by molar-refractivity contribution is 7.92. The van der Waals surface area contributed by atoms with Crippen molar-refractivity contribution in [1.82, 2.24) is 29.9 Å². The van der Waals surface area contributed by atoms with Gasteiger partial charge in [0.25, 0.3) is 10.0 Å². The zero-order chi connectivity index (χ0) is 27.9. The van der Waals surface area contributed by atoms with Crippen molar-refractivity contribution in [2.24, 2.45) is 0 Å². The van der Waals surface area contributed by atoms with Gasteiger partial charge in [0.15, 0.2) is 11.6 Å². The van der Waals surface area contributed by atoms with Gasteiger partial charge in [-0.25, -0.2) is 32.3 Å². The van der Waals surface area contributed by atoms with E-state index in [4.69, 9.17) is 16.6 Å². The molecule has 1 saturated heterocycles. The van der Waals surface area contributed by atoms with Crippen molar-refractivity contribution in [3.8, 4) is 11.3 Å². The fraction of sp³-hybridized carbons (Fsp3) is 0.259. The summed E-state index contributed by atoms with van der Waals surface area (Å²) >= 11 is 6.10. The number of hydrogen-bond donors (Lipinski definition) is 3. The molecule has 3 N–H and O–H groups in total. The number of aryl methyl sites for hydroxylation is 1. The second-order valence-corrected chi connectivity index (χ2v) is 11.6. The van der Waals surface area contributed by atoms with Crippen LogP contribution in [-0.2, 0) is 16.4 Å². The maximum Gasteiger partial charge on any atom is 0.264 e. The molecule has 4 heterocycles. The van der Waals surface area contributed by atoms with Crippen LogP contribution in [0.15, 0.2) is 59.9 Å². The van der Waals surface area contributed by atoms with Gasteiger partial charge in [-0.3, -0.25) is 4.72 Å². The van der Waals surface area contributed by atoms with Crippen LogP contribution in [0.5, 0.6) is 0 Å². The molecular formula is C27H26ClFN8O2S. The highest BCUT2D eigenvalue weighted by Crippen LogP contribution is 2.33. The Bertz CT molecular complexity index is 1840. The summed E-state index contributed by atoms with van der Waals surface area (Å²) in [6.07, 6.45) is 5.77. The van der Waals surface area contributed by atoms with E-state index >= 15 is 4.39 Å². The van der Waals surface area contributed by atoms with E-state index < -0.39 is 15.8 Å². The van der Waals surface area contributed by atoms with Gasteiger partial charge in [0.1, 0.15) is 16.7 Å². The second kappa shape index (κ2) is 10.6. The normalized spacial score (nSPS) is 15.9. The van der Waals surface area contributed by atoms with E-state index in [2.05, 4.69) is 30.4 Å². The van der Waals surface area contributed by atoms with Crippen molar-refractivity contribution in [3.63, 3.8) is 0 Å². The maximum absolute atomic E-state index is 15.4. The number of rotatable bonds is 7. The quantitative estimate of drug-likeness (QED) is 0.254. The Labute approximate surface area is 235 Å². The molecule has 206 valence electrons. The molecule has 6 rings (SSSR count). The van der Waals surface area contributed by atoms with Crippen molar-refractivity contribution in [1.29, 1.82) is 0 Å². The SMILES string of the molecule is CCc1cc(-c2cc(F)c3c(NS(=O)(=O)c4ccccc4Cl)ncnn23)cc2cnc(NC3CCCNC3)nc12. The predicted molar refractivity (Wildman–Crippen MR) is 153 cm³/mol. The van der Waals surface area contributed by atoms with E-state index in [-0.39, 0.29) is 27.3 Å². The number of aromatic nitrogens is 5. The summed E-state index contributed by atoms with van der Waals surface area (Å²) in [6.45, 7) is 3.92. The van der Waals surface area contributed by atoms with Gasteiger partial charge in [-0.05, 0) is 55.6 Å². The molecule has 3 aromatic heterocycles. The molecular weight excluding hydrogens is 555 g/mol. The summed E-state index contributed by atoms with van der Waals surface area (Å²) in [5, 5.41) is 11.9. The Morgan fingerprint density at radius 3 is 2.83 bits per heavy atom. The molecule has 1 fully saturated rings. The molecule has 2 aromatic carbocycles. The number of sulfonamides is 1. The molecule has 1 atom stereocenters. The van der Waals surface area contributed by atoms with Crippen molar-refractivity contribution < 1.29 is 12.8 Å². The van der Waals surface area contributed by atoms with Crippen LogP contribution >= 0.6 is 11.6 Å². The lowest BCUT2D eigenvalue weighted by molar-refractivity contribution is 0.478. The van der Waals surface area contributed by atoms with E-state index in [1.807, 2.05) is 19.1 Å². The Kier molecular flexibility index (Phi) is 6.99. The Morgan fingerprint density at radius 1 is 1.20 bits per heavy atom. The molecule has 40 heavy (non-hydrogen) atoms. The monoisotopic (exact) mass is 580 g/mol. The minimum absolute atomic E-state index is 0.0378. The largest absolute Gasteiger partial charge is 0.350 e. The fourth-order valence-electron chi connectivity index (χ4n) is 4.99. The van der Waals surface area contributed by atoms with Crippen LogP contribution in [0.1, 0.15) is 25.3 Å². The first-order valence-corrected chi connectivity index (χ1v) is 14.8. The molecule has 5 aromatic rings. The smallest absolute Gasteiger partial charge is 0.264 e. The number of hydrogen-bond acceptors (Lipinski definition) is 8. The zero-order valence-electron chi connectivity index (χ0n) is 21.5. The fourth-order valence-corrected chi connectivity index (χ4v) is 6.53. The lowest BCUT2D eigenvalue weighted by atomic mass is 10.0. The van der Waals surface area contributed by atoms with Crippen LogP contribution in [-0.4, -0.2) is 52.1 Å². The second-order valence-electron chi connectivity index (χ2n) is 9.59. The van der Waals surface area contributed by atoms with Crippen LogP contribution in [0, 0.1) is 5.82 Å². The van der Waals surface area contributed by atoms with Crippen LogP contribution in [0.3, 0.4) is 0 Å². The first-order chi connectivity index (χ1) is 19.3. The van der Waals surface area contributed by atoms with Gasteiger partial charge >= 0.3 is 0 Å². The number of nitrogens with one attached hydrogen (secondary N) is 3. The third-order valence-electron chi connectivity index (χ3n) is 6.93. The number of piperidine rings is 1. The summed E-state index contributed by atoms with van der Waals surface area (Å²) in [5.74, 6) is -0.306. The molecule has 0 spiro atoms. The van der Waals surface area contributed by atoms with Crippen molar-refractivity contribution in [3.05, 3.63) is 71.4 Å². The highest BCUT2D eigenvalue weighted by atomic mass is 35.5. The third-order valence-corrected chi connectivity index (χ3v) is 8.77. The molecule has 0 radical (unpaired) electrons. The average molecular weight is 581 g/mol. The number of halogens is 2. The summed E-state index contributed by atoms with van der Waals surface area (Å²) in [6, 6.07) is 11.4. The van der Waals surface area contributed by atoms with E-state index in [0.29, 0.717) is 23.6 Å². The van der Waals surface area contributed by atoms with Gasteiger partial charge in [-0.15, -0.1) is 0 Å². The molecule has 1 aliphatic heterocycles. The van der Waals surface area contributed by atoms with Gasteiger partial charge in [0.2, 0.25) is 5.95 Å². The maximum atomic E-state index is 15.4. The lowest BCUT2D eigenvalue weighted by Gasteiger charge is -2.23. The zero-order valence-corrected chi connectivity index (χ0v) is 23.1. The van der Waals surface area contributed by atoms with Crippen molar-refractivity contribution >= 4 is 49.8 Å². The summed E-state index contributed by atoms with van der Waals surface area (Å²) in [5.41, 5.74) is 2.78. The number of nitrogens with zero attached hydrogens (tertiary/aromatic N) is 5. The molecule has 0 amide bonds. The van der Waals surface area contributed by atoms with E-state index in [1.54, 1.807) is 18.3 Å². The molecule has 1 aliphatic rings.